The molecule has 7 heteroatoms. The molecule has 4 aromatic rings. The van der Waals surface area contributed by atoms with Crippen LogP contribution in [0.3, 0.4) is 0 Å². The van der Waals surface area contributed by atoms with Crippen molar-refractivity contribution in [2.45, 2.75) is 44.9 Å². The van der Waals surface area contributed by atoms with Crippen molar-refractivity contribution in [3.8, 4) is 5.75 Å². The van der Waals surface area contributed by atoms with Crippen molar-refractivity contribution < 1.29 is 14.1 Å². The van der Waals surface area contributed by atoms with E-state index in [1.807, 2.05) is 63.4 Å². The highest BCUT2D eigenvalue weighted by atomic mass is 16.5. The summed E-state index contributed by atoms with van der Waals surface area (Å²) in [7, 11) is 1.65. The molecule has 0 radical (unpaired) electrons. The second kappa shape index (κ2) is 9.48. The molecule has 1 amide bonds. The summed E-state index contributed by atoms with van der Waals surface area (Å²) < 4.78 is 10.6. The van der Waals surface area contributed by atoms with Crippen molar-refractivity contribution in [3.63, 3.8) is 0 Å². The Morgan fingerprint density at radius 3 is 2.61 bits per heavy atom. The Balaban J connectivity index is 1.47. The molecule has 0 fully saturated rings. The summed E-state index contributed by atoms with van der Waals surface area (Å²) in [4.78, 5) is 20.4. The summed E-state index contributed by atoms with van der Waals surface area (Å²) in [6.45, 7) is 6.55. The normalized spacial score (nSPS) is 12.6. The van der Waals surface area contributed by atoms with Crippen molar-refractivity contribution in [1.82, 2.24) is 20.4 Å². The second-order valence-electron chi connectivity index (χ2n) is 9.18. The topological polar surface area (TPSA) is 93.0 Å². The van der Waals surface area contributed by atoms with Gasteiger partial charge in [-0.15, -0.1) is 0 Å². The number of benzene rings is 2. The minimum Gasteiger partial charge on any atom is -0.497 e. The van der Waals surface area contributed by atoms with Crippen LogP contribution in [0.4, 0.5) is 0 Å². The number of nitrogens with zero attached hydrogens (tertiary/aromatic N) is 2. The zero-order valence-corrected chi connectivity index (χ0v) is 19.5. The molecule has 2 aromatic carbocycles. The number of carbonyl (C=O) groups is 1. The third-order valence-corrected chi connectivity index (χ3v) is 5.72. The molecular formula is C26H30N4O3. The lowest BCUT2D eigenvalue weighted by atomic mass is 9.90. The number of H-pyrrole nitrogens is 1. The maximum atomic E-state index is 12.7. The highest BCUT2D eigenvalue weighted by molar-refractivity contribution is 5.84. The highest BCUT2D eigenvalue weighted by Crippen LogP contribution is 2.31. The molecule has 0 bridgehead atoms. The van der Waals surface area contributed by atoms with Gasteiger partial charge in [-0.1, -0.05) is 56.3 Å². The van der Waals surface area contributed by atoms with Crippen molar-refractivity contribution in [1.29, 1.82) is 0 Å². The van der Waals surface area contributed by atoms with E-state index in [-0.39, 0.29) is 23.7 Å². The van der Waals surface area contributed by atoms with Crippen molar-refractivity contribution >= 4 is 16.8 Å². The molecule has 0 saturated carbocycles. The average Bonchev–Trinajstić information content (AvgIpc) is 3.46. The predicted molar refractivity (Wildman–Crippen MR) is 127 cm³/mol. The first kappa shape index (κ1) is 22.6. The lowest BCUT2D eigenvalue weighted by Crippen LogP contribution is -2.29. The lowest BCUT2D eigenvalue weighted by molar-refractivity contribution is -0.121. The quantitative estimate of drug-likeness (QED) is 0.408. The van der Waals surface area contributed by atoms with Crippen molar-refractivity contribution in [2.24, 2.45) is 0 Å². The third kappa shape index (κ3) is 5.25. The molecule has 0 aliphatic heterocycles. The molecule has 1 unspecified atom stereocenters. The SMILES string of the molecule is COc1ccc(C(CNC(=O)CCc2nc(C(C)(C)C)no2)c2c[nH]c3ccccc23)cc1. The van der Waals surface area contributed by atoms with E-state index in [0.717, 1.165) is 27.8 Å². The number of amides is 1. The van der Waals surface area contributed by atoms with Crippen LogP contribution in [-0.2, 0) is 16.6 Å². The minimum atomic E-state index is -0.186. The second-order valence-corrected chi connectivity index (χ2v) is 9.18. The number of nitrogens with one attached hydrogen (secondary N) is 2. The zero-order valence-electron chi connectivity index (χ0n) is 19.5. The first-order chi connectivity index (χ1) is 15.8. The van der Waals surface area contributed by atoms with Gasteiger partial charge in [0, 0.05) is 47.8 Å². The van der Waals surface area contributed by atoms with Crippen LogP contribution in [0.1, 0.15) is 56.0 Å². The first-order valence-corrected chi connectivity index (χ1v) is 11.1. The number of fused-ring (bicyclic) bond motifs is 1. The summed E-state index contributed by atoms with van der Waals surface area (Å²) in [5.74, 6) is 1.88. The van der Waals surface area contributed by atoms with Crippen LogP contribution < -0.4 is 10.1 Å². The van der Waals surface area contributed by atoms with Crippen LogP contribution in [0.25, 0.3) is 10.9 Å². The number of aromatic amines is 1. The Bertz CT molecular complexity index is 1220. The molecule has 0 saturated heterocycles. The van der Waals surface area contributed by atoms with Gasteiger partial charge in [0.15, 0.2) is 5.82 Å². The number of rotatable bonds is 8. The van der Waals surface area contributed by atoms with Gasteiger partial charge in [-0.2, -0.15) is 4.98 Å². The highest BCUT2D eigenvalue weighted by Gasteiger charge is 2.22. The summed E-state index contributed by atoms with van der Waals surface area (Å²) in [6, 6.07) is 16.2. The van der Waals surface area contributed by atoms with Crippen LogP contribution in [-0.4, -0.2) is 34.7 Å². The van der Waals surface area contributed by atoms with Gasteiger partial charge in [0.05, 0.1) is 7.11 Å². The van der Waals surface area contributed by atoms with Gasteiger partial charge in [-0.25, -0.2) is 0 Å². The van der Waals surface area contributed by atoms with Crippen LogP contribution in [0.15, 0.2) is 59.3 Å². The summed E-state index contributed by atoms with van der Waals surface area (Å²) in [5, 5.41) is 8.27. The van der Waals surface area contributed by atoms with E-state index in [2.05, 4.69) is 32.6 Å². The number of methoxy groups -OCH3 is 1. The van der Waals surface area contributed by atoms with E-state index in [4.69, 9.17) is 9.26 Å². The predicted octanol–water partition coefficient (Wildman–Crippen LogP) is 4.74. The van der Waals surface area contributed by atoms with Crippen LogP contribution in [0.2, 0.25) is 0 Å². The number of ether oxygens (including phenoxy) is 1. The van der Waals surface area contributed by atoms with Gasteiger partial charge in [0.25, 0.3) is 0 Å². The monoisotopic (exact) mass is 446 g/mol. The van der Waals surface area contributed by atoms with E-state index >= 15 is 0 Å². The Kier molecular flexibility index (Phi) is 6.49. The fourth-order valence-corrected chi connectivity index (χ4v) is 3.81. The van der Waals surface area contributed by atoms with Crippen molar-refractivity contribution in [3.05, 3.63) is 77.6 Å². The van der Waals surface area contributed by atoms with Crippen LogP contribution in [0.5, 0.6) is 5.75 Å². The van der Waals surface area contributed by atoms with Gasteiger partial charge in [-0.3, -0.25) is 4.79 Å². The Morgan fingerprint density at radius 1 is 1.15 bits per heavy atom. The molecule has 7 nitrogen and oxygen atoms in total. The smallest absolute Gasteiger partial charge is 0.227 e. The summed E-state index contributed by atoms with van der Waals surface area (Å²) >= 11 is 0. The maximum Gasteiger partial charge on any atom is 0.227 e. The van der Waals surface area contributed by atoms with Gasteiger partial charge >= 0.3 is 0 Å². The van der Waals surface area contributed by atoms with Gasteiger partial charge < -0.3 is 19.6 Å². The van der Waals surface area contributed by atoms with Gasteiger partial charge in [0.2, 0.25) is 11.8 Å². The Hall–Kier alpha value is -3.61. The number of aromatic nitrogens is 3. The molecule has 4 rings (SSSR count). The standard InChI is InChI=1S/C26H30N4O3/c1-26(2,3)25-29-24(33-30-25)14-13-23(31)28-15-20(17-9-11-18(32-4)12-10-17)21-16-27-22-8-6-5-7-19(21)22/h5-12,16,20,27H,13-15H2,1-4H3,(H,28,31). The number of carbonyl (C=O) groups excluding carboxylic acids is 1. The maximum absolute atomic E-state index is 12.7. The lowest BCUT2D eigenvalue weighted by Gasteiger charge is -2.18. The average molecular weight is 447 g/mol. The minimum absolute atomic E-state index is 0.00750. The number of para-hydroxylation sites is 1. The largest absolute Gasteiger partial charge is 0.497 e. The molecular weight excluding hydrogens is 416 g/mol. The van der Waals surface area contributed by atoms with E-state index in [0.29, 0.717) is 24.7 Å². The molecule has 2 aromatic heterocycles. The van der Waals surface area contributed by atoms with E-state index < -0.39 is 0 Å². The van der Waals surface area contributed by atoms with E-state index in [1.54, 1.807) is 7.11 Å². The molecule has 0 spiro atoms. The fourth-order valence-electron chi connectivity index (χ4n) is 3.81. The fraction of sp³-hybridized carbons (Fsp3) is 0.346. The van der Waals surface area contributed by atoms with E-state index in [1.165, 1.54) is 0 Å². The first-order valence-electron chi connectivity index (χ1n) is 11.1. The zero-order chi connectivity index (χ0) is 23.4. The van der Waals surface area contributed by atoms with Crippen molar-refractivity contribution in [2.75, 3.05) is 13.7 Å². The number of hydrogen-bond donors (Lipinski definition) is 2. The van der Waals surface area contributed by atoms with Gasteiger partial charge in [0.1, 0.15) is 5.75 Å². The molecule has 0 aliphatic rings. The van der Waals surface area contributed by atoms with Gasteiger partial charge in [-0.05, 0) is 29.3 Å². The number of aryl methyl sites for hydroxylation is 1. The van der Waals surface area contributed by atoms with E-state index in [9.17, 15) is 4.79 Å². The molecule has 2 N–H and O–H groups in total. The molecule has 1 atom stereocenters. The Labute approximate surface area is 193 Å². The molecule has 0 aliphatic carbocycles. The molecule has 2 heterocycles. The summed E-state index contributed by atoms with van der Waals surface area (Å²) in [6.07, 6.45) is 2.72. The summed E-state index contributed by atoms with van der Waals surface area (Å²) in [5.41, 5.74) is 3.13. The molecule has 172 valence electrons. The number of hydrogen-bond acceptors (Lipinski definition) is 5. The van der Waals surface area contributed by atoms with Crippen LogP contribution in [0, 0.1) is 0 Å². The Morgan fingerprint density at radius 2 is 1.91 bits per heavy atom. The van der Waals surface area contributed by atoms with Crippen LogP contribution >= 0.6 is 0 Å². The molecule has 33 heavy (non-hydrogen) atoms. The third-order valence-electron chi connectivity index (χ3n) is 5.72.